The maximum absolute atomic E-state index is 13.0. The maximum Gasteiger partial charge on any atom is 0.407 e. The van der Waals surface area contributed by atoms with Crippen LogP contribution in [0, 0.1) is 6.92 Å². The van der Waals surface area contributed by atoms with Crippen molar-refractivity contribution in [2.75, 3.05) is 11.9 Å². The first-order chi connectivity index (χ1) is 14.5. The molecule has 0 saturated carbocycles. The lowest BCUT2D eigenvalue weighted by atomic mass is 10.0. The summed E-state index contributed by atoms with van der Waals surface area (Å²) in [5.41, 5.74) is 3.87. The van der Waals surface area contributed by atoms with Crippen LogP contribution < -0.4 is 10.6 Å². The molecule has 0 aliphatic heterocycles. The van der Waals surface area contributed by atoms with E-state index in [-0.39, 0.29) is 12.5 Å². The van der Waals surface area contributed by atoms with E-state index in [0.717, 1.165) is 32.2 Å². The number of thiazole rings is 1. The number of ether oxygens (including phenoxy) is 1. The van der Waals surface area contributed by atoms with Crippen molar-refractivity contribution < 1.29 is 14.3 Å². The van der Waals surface area contributed by atoms with Crippen LogP contribution in [0.5, 0.6) is 0 Å². The summed E-state index contributed by atoms with van der Waals surface area (Å²) in [4.78, 5) is 32.8. The molecule has 2 heterocycles. The fraction of sp³-hybridized carbons (Fsp3) is 0.227. The average Bonchev–Trinajstić information content (AvgIpc) is 3.31. The van der Waals surface area contributed by atoms with Gasteiger partial charge in [0, 0.05) is 23.5 Å². The summed E-state index contributed by atoms with van der Waals surface area (Å²) >= 11 is 1.40. The van der Waals surface area contributed by atoms with E-state index in [2.05, 4.69) is 20.6 Å². The third-order valence-corrected chi connectivity index (χ3v) is 5.69. The van der Waals surface area contributed by atoms with Crippen molar-refractivity contribution in [3.63, 3.8) is 0 Å². The minimum Gasteiger partial charge on any atom is -0.450 e. The fourth-order valence-electron chi connectivity index (χ4n) is 3.32. The van der Waals surface area contributed by atoms with E-state index in [4.69, 9.17) is 4.74 Å². The number of nitrogens with zero attached hydrogens (tertiary/aromatic N) is 1. The summed E-state index contributed by atoms with van der Waals surface area (Å²) in [7, 11) is 0. The number of alkyl carbamates (subject to hydrolysis) is 1. The summed E-state index contributed by atoms with van der Waals surface area (Å²) in [6.45, 7) is 3.96. The number of amides is 2. The van der Waals surface area contributed by atoms with Gasteiger partial charge in [0.05, 0.1) is 16.8 Å². The average molecular weight is 423 g/mol. The van der Waals surface area contributed by atoms with Crippen molar-refractivity contribution in [2.45, 2.75) is 26.3 Å². The summed E-state index contributed by atoms with van der Waals surface area (Å²) in [5.74, 6) is -0.343. The van der Waals surface area contributed by atoms with E-state index in [0.29, 0.717) is 11.6 Å². The SMILES string of the molecule is CCOC(=O)N[C@@H](Cc1c[nH]c2ccccc12)C(=O)Nc1nc2ccc(C)cc2s1. The lowest BCUT2D eigenvalue weighted by molar-refractivity contribution is -0.118. The van der Waals surface area contributed by atoms with Crippen LogP contribution in [0.2, 0.25) is 0 Å². The minimum absolute atomic E-state index is 0.227. The first-order valence-electron chi connectivity index (χ1n) is 9.70. The first-order valence-corrected chi connectivity index (χ1v) is 10.5. The molecule has 0 radical (unpaired) electrons. The van der Waals surface area contributed by atoms with Crippen LogP contribution in [-0.2, 0) is 16.0 Å². The number of carbonyl (C=O) groups is 2. The molecule has 0 fully saturated rings. The van der Waals surface area contributed by atoms with E-state index in [1.54, 1.807) is 6.92 Å². The Hall–Kier alpha value is -3.39. The van der Waals surface area contributed by atoms with Gasteiger partial charge in [0.15, 0.2) is 5.13 Å². The zero-order valence-corrected chi connectivity index (χ0v) is 17.5. The normalized spacial score (nSPS) is 12.1. The van der Waals surface area contributed by atoms with Gasteiger partial charge < -0.3 is 20.4 Å². The molecule has 0 aliphatic carbocycles. The molecule has 154 valence electrons. The predicted molar refractivity (Wildman–Crippen MR) is 119 cm³/mol. The number of hydrogen-bond donors (Lipinski definition) is 3. The molecule has 2 aromatic heterocycles. The van der Waals surface area contributed by atoms with Gasteiger partial charge in [-0.05, 0) is 43.2 Å². The summed E-state index contributed by atoms with van der Waals surface area (Å²) in [6, 6.07) is 13.0. The van der Waals surface area contributed by atoms with Gasteiger partial charge in [0.2, 0.25) is 5.91 Å². The molecule has 1 atom stereocenters. The molecule has 0 bridgehead atoms. The van der Waals surface area contributed by atoms with Gasteiger partial charge in [0.25, 0.3) is 0 Å². The summed E-state index contributed by atoms with van der Waals surface area (Å²) in [5, 5.41) is 7.03. The van der Waals surface area contributed by atoms with Crippen LogP contribution in [0.3, 0.4) is 0 Å². The molecule has 30 heavy (non-hydrogen) atoms. The number of anilines is 1. The molecule has 4 rings (SSSR count). The van der Waals surface area contributed by atoms with E-state index >= 15 is 0 Å². The number of aromatic nitrogens is 2. The smallest absolute Gasteiger partial charge is 0.407 e. The zero-order chi connectivity index (χ0) is 21.1. The minimum atomic E-state index is -0.808. The molecule has 8 heteroatoms. The molecule has 3 N–H and O–H groups in total. The number of rotatable bonds is 6. The zero-order valence-electron chi connectivity index (χ0n) is 16.7. The van der Waals surface area contributed by atoms with Crippen molar-refractivity contribution >= 4 is 49.6 Å². The van der Waals surface area contributed by atoms with E-state index in [1.807, 2.05) is 55.6 Å². The van der Waals surface area contributed by atoms with Crippen LogP contribution in [0.25, 0.3) is 21.1 Å². The second-order valence-corrected chi connectivity index (χ2v) is 7.99. The third-order valence-electron chi connectivity index (χ3n) is 4.76. The lowest BCUT2D eigenvalue weighted by Crippen LogP contribution is -2.45. The van der Waals surface area contributed by atoms with Crippen LogP contribution in [0.15, 0.2) is 48.7 Å². The van der Waals surface area contributed by atoms with Gasteiger partial charge in [-0.3, -0.25) is 4.79 Å². The monoisotopic (exact) mass is 422 g/mol. The number of fused-ring (bicyclic) bond motifs is 2. The highest BCUT2D eigenvalue weighted by Crippen LogP contribution is 2.27. The molecule has 2 aromatic carbocycles. The highest BCUT2D eigenvalue weighted by atomic mass is 32.1. The number of nitrogens with one attached hydrogen (secondary N) is 3. The summed E-state index contributed by atoms with van der Waals surface area (Å²) in [6.07, 6.45) is 1.55. The molecular formula is C22H22N4O3S. The largest absolute Gasteiger partial charge is 0.450 e. The number of carbonyl (C=O) groups excluding carboxylic acids is 2. The second kappa shape index (κ2) is 8.54. The highest BCUT2D eigenvalue weighted by Gasteiger charge is 2.24. The lowest BCUT2D eigenvalue weighted by Gasteiger charge is -2.17. The van der Waals surface area contributed by atoms with Gasteiger partial charge in [-0.25, -0.2) is 9.78 Å². The Kier molecular flexibility index (Phi) is 5.67. The number of aryl methyl sites for hydroxylation is 1. The van der Waals surface area contributed by atoms with Gasteiger partial charge in [0.1, 0.15) is 6.04 Å². The number of aromatic amines is 1. The topological polar surface area (TPSA) is 96.1 Å². The van der Waals surface area contributed by atoms with E-state index in [1.165, 1.54) is 11.3 Å². The molecule has 4 aromatic rings. The van der Waals surface area contributed by atoms with Crippen molar-refractivity contribution in [3.8, 4) is 0 Å². The van der Waals surface area contributed by atoms with Crippen molar-refractivity contribution in [2.24, 2.45) is 0 Å². The van der Waals surface area contributed by atoms with Crippen LogP contribution >= 0.6 is 11.3 Å². The molecule has 2 amide bonds. The van der Waals surface area contributed by atoms with Gasteiger partial charge in [-0.15, -0.1) is 0 Å². The molecule has 0 saturated heterocycles. The highest BCUT2D eigenvalue weighted by molar-refractivity contribution is 7.22. The predicted octanol–water partition coefficient (Wildman–Crippen LogP) is 4.38. The first kappa shape index (κ1) is 19.9. The number of H-pyrrole nitrogens is 1. The number of para-hydroxylation sites is 1. The second-order valence-electron chi connectivity index (χ2n) is 6.96. The van der Waals surface area contributed by atoms with Gasteiger partial charge >= 0.3 is 6.09 Å². The standard InChI is InChI=1S/C22H22N4O3S/c1-3-29-22(28)25-18(11-14-12-23-16-7-5-4-6-15(14)16)20(27)26-21-24-17-9-8-13(2)10-19(17)30-21/h4-10,12,18,23H,3,11H2,1-2H3,(H,25,28)(H,24,26,27)/t18-/m0/s1. The molecule has 0 aliphatic rings. The van der Waals surface area contributed by atoms with Crippen LogP contribution in [0.4, 0.5) is 9.93 Å². The van der Waals surface area contributed by atoms with Gasteiger partial charge in [-0.2, -0.15) is 0 Å². The molecular weight excluding hydrogens is 400 g/mol. The quantitative estimate of drug-likeness (QED) is 0.430. The van der Waals surface area contributed by atoms with E-state index < -0.39 is 12.1 Å². The Labute approximate surface area is 177 Å². The third kappa shape index (κ3) is 4.28. The fourth-order valence-corrected chi connectivity index (χ4v) is 4.29. The summed E-state index contributed by atoms with van der Waals surface area (Å²) < 4.78 is 5.99. The maximum atomic E-state index is 13.0. The van der Waals surface area contributed by atoms with Gasteiger partial charge in [-0.1, -0.05) is 35.6 Å². The molecule has 0 unspecified atom stereocenters. The Morgan fingerprint density at radius 2 is 2.07 bits per heavy atom. The van der Waals surface area contributed by atoms with E-state index in [9.17, 15) is 9.59 Å². The number of benzene rings is 2. The Morgan fingerprint density at radius 1 is 1.23 bits per heavy atom. The van der Waals surface area contributed by atoms with Crippen LogP contribution in [-0.4, -0.2) is 34.6 Å². The van der Waals surface area contributed by atoms with Crippen LogP contribution in [0.1, 0.15) is 18.1 Å². The van der Waals surface area contributed by atoms with Crippen molar-refractivity contribution in [3.05, 3.63) is 59.8 Å². The Balaban J connectivity index is 1.57. The molecule has 0 spiro atoms. The Morgan fingerprint density at radius 3 is 2.90 bits per heavy atom. The number of hydrogen-bond acceptors (Lipinski definition) is 5. The van der Waals surface area contributed by atoms with Crippen molar-refractivity contribution in [1.82, 2.24) is 15.3 Å². The Bertz CT molecular complexity index is 1210. The molecule has 7 nitrogen and oxygen atoms in total. The van der Waals surface area contributed by atoms with Crippen molar-refractivity contribution in [1.29, 1.82) is 0 Å².